The van der Waals surface area contributed by atoms with Crippen LogP contribution in [0.1, 0.15) is 38.7 Å². The summed E-state index contributed by atoms with van der Waals surface area (Å²) in [5.74, 6) is -4.27. The molecule has 0 aliphatic rings. The molecule has 38 heavy (non-hydrogen) atoms. The van der Waals surface area contributed by atoms with E-state index in [9.17, 15) is 29.1 Å². The van der Waals surface area contributed by atoms with E-state index in [4.69, 9.17) is 16.6 Å². The Morgan fingerprint density at radius 3 is 2.16 bits per heavy atom. The summed E-state index contributed by atoms with van der Waals surface area (Å²) in [6, 6.07) is 2.45. The predicted octanol–water partition coefficient (Wildman–Crippen LogP) is -1.12. The Morgan fingerprint density at radius 1 is 0.947 bits per heavy atom. The van der Waals surface area contributed by atoms with E-state index in [-0.39, 0.29) is 31.6 Å². The van der Waals surface area contributed by atoms with Gasteiger partial charge in [0.25, 0.3) is 0 Å². The van der Waals surface area contributed by atoms with E-state index in [0.717, 1.165) is 16.5 Å². The smallest absolute Gasteiger partial charge is 0.328 e. The number of primary amides is 1. The second-order valence-corrected chi connectivity index (χ2v) is 9.51. The highest BCUT2D eigenvalue weighted by Gasteiger charge is 2.31. The Hall–Kier alpha value is -3.97. The highest BCUT2D eigenvalue weighted by Crippen LogP contribution is 2.19. The fourth-order valence-electron chi connectivity index (χ4n) is 3.87. The number of aromatic nitrogens is 1. The van der Waals surface area contributed by atoms with Crippen LogP contribution in [0.3, 0.4) is 0 Å². The molecule has 4 amide bonds. The Balaban J connectivity index is 2.29. The zero-order chi connectivity index (χ0) is 28.4. The molecule has 0 aliphatic heterocycles. The van der Waals surface area contributed by atoms with E-state index in [1.165, 1.54) is 0 Å². The molecule has 10 N–H and O–H groups in total. The topological polar surface area (TPSA) is 230 Å². The zero-order valence-electron chi connectivity index (χ0n) is 21.4. The average molecular weight is 533 g/mol. The molecule has 1 aromatic heterocycles. The lowest BCUT2D eigenvalue weighted by Crippen LogP contribution is -2.58. The van der Waals surface area contributed by atoms with E-state index in [0.29, 0.717) is 0 Å². The van der Waals surface area contributed by atoms with Crippen molar-refractivity contribution in [1.29, 1.82) is 0 Å². The van der Waals surface area contributed by atoms with Gasteiger partial charge in [-0.05, 0) is 30.4 Å². The summed E-state index contributed by atoms with van der Waals surface area (Å²) in [4.78, 5) is 64.5. The van der Waals surface area contributed by atoms with Gasteiger partial charge in [-0.15, -0.1) is 0 Å². The molecule has 0 radical (unpaired) electrons. The van der Waals surface area contributed by atoms with Gasteiger partial charge in [0.15, 0.2) is 0 Å². The quantitative estimate of drug-likeness (QED) is 0.140. The SMILES string of the molecule is CC(C)CC(NC(=O)C(Cc1c[nH]c2ccccc12)NC(=O)C(N)CCC(N)=O)C(=O)NC(CO)C(=O)O. The monoisotopic (exact) mass is 532 g/mol. The first-order valence-electron chi connectivity index (χ1n) is 12.3. The molecule has 208 valence electrons. The number of aromatic amines is 1. The van der Waals surface area contributed by atoms with Crippen LogP contribution in [0.4, 0.5) is 0 Å². The molecule has 13 heteroatoms. The molecule has 4 unspecified atom stereocenters. The number of aliphatic carboxylic acids is 1. The van der Waals surface area contributed by atoms with Gasteiger partial charge in [0.1, 0.15) is 18.1 Å². The first kappa shape index (κ1) is 30.3. The molecule has 2 aromatic rings. The fraction of sp³-hybridized carbons (Fsp3) is 0.480. The Morgan fingerprint density at radius 2 is 1.55 bits per heavy atom. The summed E-state index contributed by atoms with van der Waals surface area (Å²) in [7, 11) is 0. The molecule has 0 saturated heterocycles. The summed E-state index contributed by atoms with van der Waals surface area (Å²) < 4.78 is 0. The van der Waals surface area contributed by atoms with E-state index >= 15 is 0 Å². The first-order chi connectivity index (χ1) is 17.9. The van der Waals surface area contributed by atoms with E-state index in [1.54, 1.807) is 6.20 Å². The van der Waals surface area contributed by atoms with Crippen molar-refractivity contribution in [3.05, 3.63) is 36.0 Å². The third-order valence-corrected chi connectivity index (χ3v) is 5.91. The van der Waals surface area contributed by atoms with E-state index in [2.05, 4.69) is 20.9 Å². The van der Waals surface area contributed by atoms with Gasteiger partial charge in [-0.3, -0.25) is 19.2 Å². The van der Waals surface area contributed by atoms with Gasteiger partial charge in [-0.25, -0.2) is 4.79 Å². The van der Waals surface area contributed by atoms with E-state index in [1.807, 2.05) is 38.1 Å². The van der Waals surface area contributed by atoms with Gasteiger partial charge in [0, 0.05) is 29.9 Å². The van der Waals surface area contributed by atoms with E-state index < -0.39 is 60.4 Å². The van der Waals surface area contributed by atoms with Crippen molar-refractivity contribution in [3.63, 3.8) is 0 Å². The number of nitrogens with two attached hydrogens (primary N) is 2. The molecule has 1 aromatic carbocycles. The Bertz CT molecular complexity index is 1150. The summed E-state index contributed by atoms with van der Waals surface area (Å²) in [6.07, 6.45) is 1.80. The molecule has 13 nitrogen and oxygen atoms in total. The van der Waals surface area contributed by atoms with Crippen LogP contribution in [0.2, 0.25) is 0 Å². The van der Waals surface area contributed by atoms with Gasteiger partial charge in [-0.1, -0.05) is 32.0 Å². The third-order valence-electron chi connectivity index (χ3n) is 5.91. The van der Waals surface area contributed by atoms with Crippen molar-refractivity contribution in [2.75, 3.05) is 6.61 Å². The van der Waals surface area contributed by atoms with Crippen molar-refractivity contribution in [1.82, 2.24) is 20.9 Å². The first-order valence-corrected chi connectivity index (χ1v) is 12.3. The van der Waals surface area contributed by atoms with Gasteiger partial charge >= 0.3 is 5.97 Å². The lowest BCUT2D eigenvalue weighted by molar-refractivity contribution is -0.143. The number of hydrogen-bond donors (Lipinski definition) is 8. The largest absolute Gasteiger partial charge is 0.480 e. The van der Waals surface area contributed by atoms with Crippen LogP contribution in [-0.2, 0) is 30.4 Å². The maximum absolute atomic E-state index is 13.4. The van der Waals surface area contributed by atoms with Crippen molar-refractivity contribution in [2.45, 2.75) is 63.7 Å². The third kappa shape index (κ3) is 8.85. The number of carboxylic acid groups (broad SMARTS) is 1. The van der Waals surface area contributed by atoms with Crippen LogP contribution in [0, 0.1) is 5.92 Å². The van der Waals surface area contributed by atoms with Crippen LogP contribution in [-0.4, -0.2) is 75.6 Å². The number of nitrogens with one attached hydrogen (secondary N) is 4. The van der Waals surface area contributed by atoms with Gasteiger partial charge in [0.2, 0.25) is 23.6 Å². The maximum atomic E-state index is 13.4. The number of amides is 4. The molecule has 0 saturated carbocycles. The lowest BCUT2D eigenvalue weighted by atomic mass is 10.00. The second kappa shape index (κ2) is 14.1. The Kier molecular flexibility index (Phi) is 11.2. The van der Waals surface area contributed by atoms with Crippen LogP contribution in [0.15, 0.2) is 30.5 Å². The standard InChI is InChI=1S/C25H36N6O7/c1-13(2)9-18(23(35)31-20(12-32)25(37)38)30-24(36)19(29-22(34)16(26)7-8-21(27)33)10-14-11-28-17-6-4-3-5-15(14)17/h3-6,11,13,16,18-20,28,32H,7-10,12,26H2,1-2H3,(H2,27,33)(H,29,34)(H,30,36)(H,31,35)(H,37,38). The number of rotatable bonds is 15. The van der Waals surface area contributed by atoms with Gasteiger partial charge in [0.05, 0.1) is 12.6 Å². The number of carbonyl (C=O) groups is 5. The van der Waals surface area contributed by atoms with Crippen LogP contribution in [0.25, 0.3) is 10.9 Å². The molecule has 2 rings (SSSR count). The van der Waals surface area contributed by atoms with Crippen molar-refractivity contribution in [2.24, 2.45) is 17.4 Å². The number of benzene rings is 1. The molecule has 1 heterocycles. The molecule has 0 bridgehead atoms. The number of carboxylic acids is 1. The summed E-state index contributed by atoms with van der Waals surface area (Å²) in [6.45, 7) is 2.80. The van der Waals surface area contributed by atoms with Gasteiger partial charge < -0.3 is 42.6 Å². The molecular formula is C25H36N6O7. The van der Waals surface area contributed by atoms with Gasteiger partial charge in [-0.2, -0.15) is 0 Å². The second-order valence-electron chi connectivity index (χ2n) is 9.51. The highest BCUT2D eigenvalue weighted by atomic mass is 16.4. The normalized spacial score (nSPS) is 14.3. The van der Waals surface area contributed by atoms with Crippen molar-refractivity contribution in [3.8, 4) is 0 Å². The average Bonchev–Trinajstić information content (AvgIpc) is 3.26. The number of aliphatic hydroxyl groups is 1. The van der Waals surface area contributed by atoms with Crippen molar-refractivity contribution >= 4 is 40.5 Å². The minimum atomic E-state index is -1.54. The maximum Gasteiger partial charge on any atom is 0.328 e. The lowest BCUT2D eigenvalue weighted by Gasteiger charge is -2.26. The number of H-pyrrole nitrogens is 1. The predicted molar refractivity (Wildman–Crippen MR) is 138 cm³/mol. The highest BCUT2D eigenvalue weighted by molar-refractivity contribution is 5.95. The summed E-state index contributed by atoms with van der Waals surface area (Å²) in [5.41, 5.74) is 12.6. The minimum Gasteiger partial charge on any atom is -0.480 e. The molecule has 0 fully saturated rings. The number of aliphatic hydroxyl groups excluding tert-OH is 1. The number of carbonyl (C=O) groups excluding carboxylic acids is 4. The summed E-state index contributed by atoms with van der Waals surface area (Å²) in [5, 5.41) is 26.7. The number of fused-ring (bicyclic) bond motifs is 1. The van der Waals surface area contributed by atoms with Crippen LogP contribution in [0.5, 0.6) is 0 Å². The molecular weight excluding hydrogens is 496 g/mol. The molecule has 0 aliphatic carbocycles. The molecule has 0 spiro atoms. The molecule has 4 atom stereocenters. The van der Waals surface area contributed by atoms with Crippen LogP contribution >= 0.6 is 0 Å². The minimum absolute atomic E-state index is 0.0152. The Labute approximate surface area is 219 Å². The van der Waals surface area contributed by atoms with Crippen LogP contribution < -0.4 is 27.4 Å². The zero-order valence-corrected chi connectivity index (χ0v) is 21.4. The number of hydrogen-bond acceptors (Lipinski definition) is 7. The fourth-order valence-corrected chi connectivity index (χ4v) is 3.87. The number of para-hydroxylation sites is 1. The van der Waals surface area contributed by atoms with Crippen molar-refractivity contribution < 1.29 is 34.2 Å². The summed E-state index contributed by atoms with van der Waals surface area (Å²) >= 11 is 0.